The molecule has 0 radical (unpaired) electrons. The number of aliphatic imine (C=N–C) groups is 1. The zero-order valence-electron chi connectivity index (χ0n) is 31.6. The van der Waals surface area contributed by atoms with E-state index in [0.717, 1.165) is 70.5 Å². The third-order valence-corrected chi connectivity index (χ3v) is 10.3. The van der Waals surface area contributed by atoms with Gasteiger partial charge in [0.1, 0.15) is 11.9 Å². The molecule has 3 N–H and O–H groups in total. The van der Waals surface area contributed by atoms with Crippen LogP contribution in [0.2, 0.25) is 0 Å². The topological polar surface area (TPSA) is 109 Å². The fourth-order valence-corrected chi connectivity index (χ4v) is 6.86. The Kier molecular flexibility index (Phi) is 11.8. The number of likely N-dealkylation sites (N-methyl/N-ethyl adjacent to an activating group) is 1. The Morgan fingerprint density at radius 3 is 2.43 bits per heavy atom. The number of piperazine rings is 1. The summed E-state index contributed by atoms with van der Waals surface area (Å²) in [7, 11) is 3.33. The number of fused-ring (bicyclic) bond motifs is 1. The number of rotatable bonds is 12. The number of hydrogen-bond acceptors (Lipinski definition) is 9. The maximum absolute atomic E-state index is 13.7. The zero-order valence-corrected chi connectivity index (χ0v) is 31.6. The van der Waals surface area contributed by atoms with Gasteiger partial charge in [-0.15, -0.1) is 0 Å². The highest BCUT2D eigenvalue weighted by Crippen LogP contribution is 2.30. The predicted molar refractivity (Wildman–Crippen MR) is 215 cm³/mol. The van der Waals surface area contributed by atoms with Gasteiger partial charge in [0.25, 0.3) is 0 Å². The van der Waals surface area contributed by atoms with Gasteiger partial charge in [0.2, 0.25) is 5.91 Å². The average Bonchev–Trinajstić information content (AvgIpc) is 3.69. The van der Waals surface area contributed by atoms with E-state index in [2.05, 4.69) is 140 Å². The molecule has 3 heterocycles. The van der Waals surface area contributed by atoms with Crippen LogP contribution in [-0.4, -0.2) is 92.9 Å². The summed E-state index contributed by atoms with van der Waals surface area (Å²) in [6, 6.07) is 23.4. The van der Waals surface area contributed by atoms with Crippen LogP contribution in [0.1, 0.15) is 55.0 Å². The quantitative estimate of drug-likeness (QED) is 0.226. The molecule has 11 nitrogen and oxygen atoms in total. The highest BCUT2D eigenvalue weighted by Gasteiger charge is 2.31. The van der Waals surface area contributed by atoms with Gasteiger partial charge in [-0.3, -0.25) is 20.1 Å². The van der Waals surface area contributed by atoms with Gasteiger partial charge >= 0.3 is 0 Å². The molecule has 276 valence electrons. The minimum Gasteiger partial charge on any atom is -0.450 e. The Morgan fingerprint density at radius 1 is 1.04 bits per heavy atom. The molecule has 0 bridgehead atoms. The van der Waals surface area contributed by atoms with Crippen molar-refractivity contribution in [3.63, 3.8) is 0 Å². The third kappa shape index (κ3) is 8.72. The first-order valence-corrected chi connectivity index (χ1v) is 18.4. The second kappa shape index (κ2) is 16.8. The molecule has 3 aliphatic heterocycles. The first kappa shape index (κ1) is 37.2. The Labute approximate surface area is 313 Å². The highest BCUT2D eigenvalue weighted by atomic mass is 16.5. The van der Waals surface area contributed by atoms with E-state index in [1.54, 1.807) is 14.2 Å². The van der Waals surface area contributed by atoms with E-state index in [1.165, 1.54) is 11.1 Å². The molecule has 0 saturated carbocycles. The van der Waals surface area contributed by atoms with E-state index >= 15 is 0 Å². The van der Waals surface area contributed by atoms with E-state index in [-0.39, 0.29) is 5.91 Å². The minimum absolute atomic E-state index is 0.115. The third-order valence-electron chi connectivity index (χ3n) is 10.3. The molecule has 3 aliphatic rings. The Bertz CT molecular complexity index is 1950. The molecule has 0 aromatic heterocycles. The summed E-state index contributed by atoms with van der Waals surface area (Å²) in [6.45, 7) is 15.8. The summed E-state index contributed by atoms with van der Waals surface area (Å²) in [5.74, 6) is 4.28. The highest BCUT2D eigenvalue weighted by molar-refractivity contribution is 6.15. The van der Waals surface area contributed by atoms with Crippen molar-refractivity contribution in [1.82, 2.24) is 20.7 Å². The summed E-state index contributed by atoms with van der Waals surface area (Å²) in [5.41, 5.74) is 15.8. The molecule has 3 aromatic rings. The summed E-state index contributed by atoms with van der Waals surface area (Å²) in [4.78, 5) is 24.3. The lowest BCUT2D eigenvalue weighted by Crippen LogP contribution is -2.52. The first-order valence-electron chi connectivity index (χ1n) is 18.4. The van der Waals surface area contributed by atoms with Crippen LogP contribution in [0.3, 0.4) is 0 Å². The number of methoxy groups -OCH3 is 1. The fourth-order valence-electron chi connectivity index (χ4n) is 6.86. The van der Waals surface area contributed by atoms with Crippen molar-refractivity contribution < 1.29 is 9.53 Å². The number of nitrogens with one attached hydrogen (secondary N) is 3. The summed E-state index contributed by atoms with van der Waals surface area (Å²) in [6.07, 6.45) is 4.52. The number of amidine groups is 1. The monoisotopic (exact) mass is 713 g/mol. The lowest BCUT2D eigenvalue weighted by Gasteiger charge is -2.38. The second-order valence-corrected chi connectivity index (χ2v) is 13.8. The molecule has 1 atom stereocenters. The fraction of sp³-hybridized carbons (Fsp3) is 0.381. The minimum atomic E-state index is -0.716. The smallest absolute Gasteiger partial charge is 0.236 e. The molecule has 0 spiro atoms. The maximum atomic E-state index is 13.7. The number of carbonyl (C=O) groups is 1. The van der Waals surface area contributed by atoms with Crippen LogP contribution in [0.4, 0.5) is 11.4 Å². The van der Waals surface area contributed by atoms with E-state index < -0.39 is 5.41 Å². The Morgan fingerprint density at radius 2 is 1.77 bits per heavy atom. The molecule has 3 aromatic carbocycles. The van der Waals surface area contributed by atoms with E-state index in [0.29, 0.717) is 45.7 Å². The van der Waals surface area contributed by atoms with E-state index in [4.69, 9.17) is 4.74 Å². The summed E-state index contributed by atoms with van der Waals surface area (Å²) in [5, 5.41) is 12.6. The van der Waals surface area contributed by atoms with Crippen molar-refractivity contribution in [2.24, 2.45) is 20.6 Å². The number of hydrazone groups is 2. The van der Waals surface area contributed by atoms with Gasteiger partial charge in [0.05, 0.1) is 43.5 Å². The number of aryl methyl sites for hydroxylation is 1. The van der Waals surface area contributed by atoms with Crippen molar-refractivity contribution in [1.29, 1.82) is 0 Å². The lowest BCUT2D eigenvalue weighted by atomic mass is 9.86. The summed E-state index contributed by atoms with van der Waals surface area (Å²) < 4.78 is 5.21. The van der Waals surface area contributed by atoms with Crippen molar-refractivity contribution in [3.8, 4) is 12.0 Å². The van der Waals surface area contributed by atoms with Crippen LogP contribution in [0, 0.1) is 17.4 Å². The maximum Gasteiger partial charge on any atom is 0.236 e. The number of amides is 1. The number of ether oxygens (including phenoxy) is 1. The molecule has 1 unspecified atom stereocenters. The van der Waals surface area contributed by atoms with Gasteiger partial charge in [-0.2, -0.15) is 10.2 Å². The molecule has 1 fully saturated rings. The van der Waals surface area contributed by atoms with Gasteiger partial charge in [-0.05, 0) is 66.8 Å². The van der Waals surface area contributed by atoms with E-state index in [9.17, 15) is 4.79 Å². The Hall–Kier alpha value is -5.60. The van der Waals surface area contributed by atoms with Gasteiger partial charge in [-0.25, -0.2) is 0 Å². The average molecular weight is 714 g/mol. The van der Waals surface area contributed by atoms with Gasteiger partial charge in [0.15, 0.2) is 0 Å². The molecule has 0 aliphatic carbocycles. The Balaban J connectivity index is 1.07. The molecule has 1 saturated heterocycles. The number of carbonyl (C=O) groups excluding carboxylic acids is 1. The molecule has 53 heavy (non-hydrogen) atoms. The van der Waals surface area contributed by atoms with Crippen molar-refractivity contribution >= 4 is 34.5 Å². The predicted octanol–water partition coefficient (Wildman–Crippen LogP) is 5.04. The van der Waals surface area contributed by atoms with Crippen molar-refractivity contribution in [2.45, 2.75) is 40.2 Å². The van der Waals surface area contributed by atoms with Crippen molar-refractivity contribution in [2.75, 3.05) is 70.2 Å². The molecule has 6 rings (SSSR count). The van der Waals surface area contributed by atoms with Gasteiger partial charge in [-0.1, -0.05) is 62.9 Å². The van der Waals surface area contributed by atoms with E-state index in [1.807, 2.05) is 11.8 Å². The van der Waals surface area contributed by atoms with Crippen LogP contribution >= 0.6 is 0 Å². The number of benzene rings is 3. The van der Waals surface area contributed by atoms with Crippen molar-refractivity contribution in [3.05, 3.63) is 107 Å². The van der Waals surface area contributed by atoms with Crippen LogP contribution in [0.5, 0.6) is 0 Å². The second-order valence-electron chi connectivity index (χ2n) is 13.8. The van der Waals surface area contributed by atoms with Crippen LogP contribution in [-0.2, 0) is 22.5 Å². The van der Waals surface area contributed by atoms with Crippen LogP contribution < -0.4 is 21.1 Å². The van der Waals surface area contributed by atoms with Crippen LogP contribution in [0.25, 0.3) is 0 Å². The molecule has 11 heteroatoms. The first-order chi connectivity index (χ1) is 25.7. The number of anilines is 2. The number of hydrogen-bond donors (Lipinski definition) is 3. The lowest BCUT2D eigenvalue weighted by molar-refractivity contribution is -0.132. The van der Waals surface area contributed by atoms with Gasteiger partial charge in [0, 0.05) is 68.0 Å². The zero-order chi connectivity index (χ0) is 37.4. The van der Waals surface area contributed by atoms with Crippen LogP contribution in [0.15, 0.2) is 94.2 Å². The SMILES string of the molecule is C=C(Nc1ccc2c(c1)C(c1ccc(CC)cc1)=NNC2)C(C)(C#COC)CN(CC)CC(=O)N1CCN(c2ccc(C3=NNC(=NC)C3)cc2)CC1. The molecular formula is C42H51N9O2. The summed E-state index contributed by atoms with van der Waals surface area (Å²) >= 11 is 0. The number of nitrogens with zero attached hydrogens (tertiary/aromatic N) is 6. The van der Waals surface area contributed by atoms with Gasteiger partial charge < -0.3 is 25.3 Å². The standard InChI is InChI=1S/C42H51N9O2/c1-7-31-9-11-33(12-10-31)41-37-25-35(16-13-34(37)27-44-48-41)45-30(3)42(4,19-24-53-6)29-49(8-2)28-40(52)51-22-20-50(21-23-51)36-17-14-32(15-18-36)38-26-39(43-5)47-46-38/h9-18,25,44-45H,3,7-8,20-23,26-29H2,1-2,4-6H3,(H,43,47). The molecular weight excluding hydrogens is 663 g/mol. The largest absolute Gasteiger partial charge is 0.450 e. The molecule has 1 amide bonds. The normalized spacial score (nSPS) is 17.1.